The van der Waals surface area contributed by atoms with E-state index in [1.165, 1.54) is 16.9 Å². The standard InChI is InChI=1S/C16H25NOS/c1-13(2)12-18-9-5-8-17-11-15-10-14-6-3-4-7-16(14)19-15/h3-4,6-7,13,15,17H,5,8-12H2,1-2H3. The number of ether oxygens (including phenoxy) is 1. The summed E-state index contributed by atoms with van der Waals surface area (Å²) in [7, 11) is 0. The van der Waals surface area contributed by atoms with Gasteiger partial charge < -0.3 is 10.1 Å². The summed E-state index contributed by atoms with van der Waals surface area (Å²) < 4.78 is 5.57. The molecule has 0 fully saturated rings. The van der Waals surface area contributed by atoms with Gasteiger partial charge in [-0.05, 0) is 36.9 Å². The number of hydrogen-bond donors (Lipinski definition) is 1. The number of thioether (sulfide) groups is 1. The molecule has 0 aromatic heterocycles. The van der Waals surface area contributed by atoms with Gasteiger partial charge in [0.25, 0.3) is 0 Å². The molecule has 1 aliphatic heterocycles. The van der Waals surface area contributed by atoms with Gasteiger partial charge >= 0.3 is 0 Å². The first-order chi connectivity index (χ1) is 9.25. The van der Waals surface area contributed by atoms with Crippen LogP contribution in [0.15, 0.2) is 29.2 Å². The molecule has 1 aliphatic rings. The molecule has 19 heavy (non-hydrogen) atoms. The van der Waals surface area contributed by atoms with Gasteiger partial charge in [-0.2, -0.15) is 0 Å². The summed E-state index contributed by atoms with van der Waals surface area (Å²) in [5.41, 5.74) is 1.51. The zero-order valence-electron chi connectivity index (χ0n) is 12.0. The van der Waals surface area contributed by atoms with Crippen molar-refractivity contribution >= 4 is 11.8 Å². The van der Waals surface area contributed by atoms with Crippen molar-refractivity contribution < 1.29 is 4.74 Å². The van der Waals surface area contributed by atoms with Crippen LogP contribution in [0.1, 0.15) is 25.8 Å². The topological polar surface area (TPSA) is 21.3 Å². The molecule has 2 rings (SSSR count). The fourth-order valence-corrected chi connectivity index (χ4v) is 3.53. The van der Waals surface area contributed by atoms with E-state index >= 15 is 0 Å². The molecular weight excluding hydrogens is 254 g/mol. The van der Waals surface area contributed by atoms with Crippen molar-refractivity contribution in [1.29, 1.82) is 0 Å². The molecule has 1 aromatic rings. The van der Waals surface area contributed by atoms with E-state index in [2.05, 4.69) is 43.4 Å². The molecule has 2 nitrogen and oxygen atoms in total. The molecule has 1 heterocycles. The van der Waals surface area contributed by atoms with Crippen LogP contribution in [0.5, 0.6) is 0 Å². The summed E-state index contributed by atoms with van der Waals surface area (Å²) in [5.74, 6) is 0.640. The lowest BCUT2D eigenvalue weighted by Gasteiger charge is -2.10. The quantitative estimate of drug-likeness (QED) is 0.737. The van der Waals surface area contributed by atoms with Crippen LogP contribution in [0.25, 0.3) is 0 Å². The van der Waals surface area contributed by atoms with Crippen LogP contribution in [0.4, 0.5) is 0 Å². The van der Waals surface area contributed by atoms with Gasteiger partial charge in [0.2, 0.25) is 0 Å². The van der Waals surface area contributed by atoms with E-state index in [0.717, 1.165) is 32.7 Å². The highest BCUT2D eigenvalue weighted by Crippen LogP contribution is 2.36. The van der Waals surface area contributed by atoms with Gasteiger partial charge in [-0.3, -0.25) is 0 Å². The second-order valence-corrected chi connectivity index (χ2v) is 6.92. The number of hydrogen-bond acceptors (Lipinski definition) is 3. The summed E-state index contributed by atoms with van der Waals surface area (Å²) in [5, 5.41) is 4.25. The number of nitrogens with one attached hydrogen (secondary N) is 1. The zero-order valence-corrected chi connectivity index (χ0v) is 12.8. The maximum Gasteiger partial charge on any atom is 0.0489 e. The Hall–Kier alpha value is -0.510. The Morgan fingerprint density at radius 2 is 2.21 bits per heavy atom. The van der Waals surface area contributed by atoms with Crippen LogP contribution >= 0.6 is 11.8 Å². The Balaban J connectivity index is 1.52. The van der Waals surface area contributed by atoms with Gasteiger partial charge in [0.05, 0.1) is 0 Å². The molecule has 3 heteroatoms. The highest BCUT2D eigenvalue weighted by atomic mass is 32.2. The average Bonchev–Trinajstić information content (AvgIpc) is 2.79. The van der Waals surface area contributed by atoms with Crippen LogP contribution in [-0.4, -0.2) is 31.6 Å². The molecule has 0 aliphatic carbocycles. The smallest absolute Gasteiger partial charge is 0.0489 e. The van der Waals surface area contributed by atoms with E-state index in [0.29, 0.717) is 11.2 Å². The molecule has 0 spiro atoms. The van der Waals surface area contributed by atoms with Gasteiger partial charge in [-0.1, -0.05) is 32.0 Å². The zero-order chi connectivity index (χ0) is 13.5. The van der Waals surface area contributed by atoms with Gasteiger partial charge in [0.1, 0.15) is 0 Å². The lowest BCUT2D eigenvalue weighted by molar-refractivity contribution is 0.108. The third-order valence-electron chi connectivity index (χ3n) is 3.18. The fourth-order valence-electron chi connectivity index (χ4n) is 2.25. The van der Waals surface area contributed by atoms with E-state index in [4.69, 9.17) is 4.74 Å². The molecule has 1 N–H and O–H groups in total. The lowest BCUT2D eigenvalue weighted by Crippen LogP contribution is -2.26. The van der Waals surface area contributed by atoms with Crippen molar-refractivity contribution in [2.45, 2.75) is 36.8 Å². The Kier molecular flexibility index (Phi) is 6.21. The Morgan fingerprint density at radius 1 is 1.37 bits per heavy atom. The summed E-state index contributed by atoms with van der Waals surface area (Å²) in [6.07, 6.45) is 2.31. The number of benzene rings is 1. The maximum absolute atomic E-state index is 5.57. The van der Waals surface area contributed by atoms with Crippen LogP contribution in [0.2, 0.25) is 0 Å². The van der Waals surface area contributed by atoms with E-state index in [1.54, 1.807) is 0 Å². The molecule has 106 valence electrons. The first kappa shape index (κ1) is 14.9. The third kappa shape index (κ3) is 5.17. The fraction of sp³-hybridized carbons (Fsp3) is 0.625. The summed E-state index contributed by atoms with van der Waals surface area (Å²) in [6.45, 7) is 8.30. The minimum Gasteiger partial charge on any atom is -0.381 e. The maximum atomic E-state index is 5.57. The first-order valence-electron chi connectivity index (χ1n) is 7.28. The van der Waals surface area contributed by atoms with E-state index in [-0.39, 0.29) is 0 Å². The molecular formula is C16H25NOS. The SMILES string of the molecule is CC(C)COCCCNCC1Cc2ccccc2S1. The molecule has 0 amide bonds. The van der Waals surface area contributed by atoms with E-state index in [9.17, 15) is 0 Å². The largest absolute Gasteiger partial charge is 0.381 e. The number of rotatable bonds is 8. The minimum absolute atomic E-state index is 0.640. The molecule has 1 unspecified atom stereocenters. The summed E-state index contributed by atoms with van der Waals surface area (Å²) in [6, 6.07) is 8.76. The van der Waals surface area contributed by atoms with Gasteiger partial charge in [0, 0.05) is 29.9 Å². The van der Waals surface area contributed by atoms with Crippen molar-refractivity contribution in [3.63, 3.8) is 0 Å². The Labute approximate surface area is 121 Å². The third-order valence-corrected chi connectivity index (χ3v) is 4.50. The van der Waals surface area contributed by atoms with E-state index in [1.807, 2.05) is 11.8 Å². The van der Waals surface area contributed by atoms with E-state index < -0.39 is 0 Å². The van der Waals surface area contributed by atoms with Crippen molar-refractivity contribution in [3.8, 4) is 0 Å². The van der Waals surface area contributed by atoms with Crippen molar-refractivity contribution in [3.05, 3.63) is 29.8 Å². The second kappa shape index (κ2) is 7.93. The van der Waals surface area contributed by atoms with Crippen molar-refractivity contribution in [1.82, 2.24) is 5.32 Å². The predicted octanol–water partition coefficient (Wildman–Crippen LogP) is 3.36. The van der Waals surface area contributed by atoms with Gasteiger partial charge in [-0.25, -0.2) is 0 Å². The van der Waals surface area contributed by atoms with Crippen LogP contribution < -0.4 is 5.32 Å². The predicted molar refractivity (Wildman–Crippen MR) is 82.9 cm³/mol. The molecule has 1 atom stereocenters. The molecule has 0 bridgehead atoms. The molecule has 0 saturated carbocycles. The van der Waals surface area contributed by atoms with Gasteiger partial charge in [0.15, 0.2) is 0 Å². The summed E-state index contributed by atoms with van der Waals surface area (Å²) in [4.78, 5) is 1.47. The van der Waals surface area contributed by atoms with Crippen molar-refractivity contribution in [2.24, 2.45) is 5.92 Å². The highest BCUT2D eigenvalue weighted by molar-refractivity contribution is 8.00. The van der Waals surface area contributed by atoms with Crippen LogP contribution in [0.3, 0.4) is 0 Å². The normalized spacial score (nSPS) is 17.9. The summed E-state index contributed by atoms with van der Waals surface area (Å²) >= 11 is 2.01. The monoisotopic (exact) mass is 279 g/mol. The molecule has 1 aromatic carbocycles. The van der Waals surface area contributed by atoms with Crippen LogP contribution in [-0.2, 0) is 11.2 Å². The Morgan fingerprint density at radius 3 is 3.00 bits per heavy atom. The Bertz CT molecular complexity index is 356. The molecule has 0 radical (unpaired) electrons. The van der Waals surface area contributed by atoms with Crippen LogP contribution in [0, 0.1) is 5.92 Å². The highest BCUT2D eigenvalue weighted by Gasteiger charge is 2.20. The van der Waals surface area contributed by atoms with Crippen molar-refractivity contribution in [2.75, 3.05) is 26.3 Å². The minimum atomic E-state index is 0.640. The lowest BCUT2D eigenvalue weighted by atomic mass is 10.1. The molecule has 0 saturated heterocycles. The van der Waals surface area contributed by atoms with Gasteiger partial charge in [-0.15, -0.1) is 11.8 Å². The second-order valence-electron chi connectivity index (χ2n) is 5.58. The average molecular weight is 279 g/mol. The first-order valence-corrected chi connectivity index (χ1v) is 8.16. The number of fused-ring (bicyclic) bond motifs is 1.